The number of Topliss-reactive ketones (excluding diaryl/α,β-unsaturated/α-hetero) is 3. The van der Waals surface area contributed by atoms with Crippen LogP contribution in [0.3, 0.4) is 0 Å². The van der Waals surface area contributed by atoms with E-state index in [4.69, 9.17) is 23.7 Å². The van der Waals surface area contributed by atoms with Crippen molar-refractivity contribution in [2.45, 2.75) is 122 Å². The molecule has 2 aliphatic rings. The van der Waals surface area contributed by atoms with Gasteiger partial charge < -0.3 is 28.6 Å². The number of ether oxygens (including phenoxy) is 5. The van der Waals surface area contributed by atoms with Gasteiger partial charge in [-0.05, 0) is 66.3 Å². The third-order valence-electron chi connectivity index (χ3n) is 9.74. The Hall–Kier alpha value is -3.06. The van der Waals surface area contributed by atoms with E-state index in [1.807, 2.05) is 25.9 Å². The average molecular weight is 678 g/mol. The zero-order chi connectivity index (χ0) is 36.1. The topological polar surface area (TPSA) is 135 Å². The van der Waals surface area contributed by atoms with Crippen LogP contribution in [0.15, 0.2) is 30.3 Å². The SMILES string of the molecule is CC[C@H]1OC(=O)[C@@](C)(F)C(=O)[C@H](C)[C@@H](OC2O[C@H](C)C[C@H](N(C)C)[C@H]2OC(=O)c2ccccc2)[C@@](C)(OC)C[C@@H](C)C(=O)C(C)CC1=O. The Kier molecular flexibility index (Phi) is 13.2. The number of cyclic esters (lactones) is 1. The highest BCUT2D eigenvalue weighted by Gasteiger charge is 2.54. The zero-order valence-corrected chi connectivity index (χ0v) is 29.8. The van der Waals surface area contributed by atoms with Crippen molar-refractivity contribution in [2.24, 2.45) is 17.8 Å². The molecule has 0 N–H and O–H groups in total. The minimum atomic E-state index is -3.16. The van der Waals surface area contributed by atoms with Gasteiger partial charge in [-0.15, -0.1) is 0 Å². The second-order valence-corrected chi connectivity index (χ2v) is 13.9. The first-order chi connectivity index (χ1) is 22.4. The van der Waals surface area contributed by atoms with Crippen molar-refractivity contribution in [2.75, 3.05) is 21.2 Å². The van der Waals surface area contributed by atoms with Crippen LogP contribution >= 0.6 is 0 Å². The van der Waals surface area contributed by atoms with Crippen LogP contribution in [0.25, 0.3) is 0 Å². The first-order valence-corrected chi connectivity index (χ1v) is 16.7. The van der Waals surface area contributed by atoms with Gasteiger partial charge in [-0.3, -0.25) is 14.4 Å². The van der Waals surface area contributed by atoms with Crippen LogP contribution in [0.4, 0.5) is 4.39 Å². The van der Waals surface area contributed by atoms with Gasteiger partial charge in [-0.25, -0.2) is 14.0 Å². The first kappa shape index (κ1) is 39.4. The molecule has 11 nitrogen and oxygen atoms in total. The molecule has 2 aliphatic heterocycles. The van der Waals surface area contributed by atoms with Gasteiger partial charge >= 0.3 is 11.9 Å². The van der Waals surface area contributed by atoms with Gasteiger partial charge in [0.2, 0.25) is 0 Å². The van der Waals surface area contributed by atoms with E-state index in [0.717, 1.165) is 6.92 Å². The van der Waals surface area contributed by atoms with E-state index >= 15 is 4.39 Å². The molecular weight excluding hydrogens is 625 g/mol. The lowest BCUT2D eigenvalue weighted by atomic mass is 9.75. The lowest BCUT2D eigenvalue weighted by molar-refractivity contribution is -0.294. The molecule has 3 rings (SSSR count). The fraction of sp³-hybridized carbons (Fsp3) is 0.694. The number of carbonyl (C=O) groups excluding carboxylic acids is 5. The molecule has 1 aromatic rings. The summed E-state index contributed by atoms with van der Waals surface area (Å²) in [7, 11) is 5.05. The van der Waals surface area contributed by atoms with E-state index in [-0.39, 0.29) is 37.2 Å². The molecule has 0 radical (unpaired) electrons. The van der Waals surface area contributed by atoms with E-state index in [9.17, 15) is 24.0 Å². The number of benzene rings is 1. The molecule has 2 unspecified atom stereocenters. The molecule has 0 bridgehead atoms. The molecule has 0 aliphatic carbocycles. The van der Waals surface area contributed by atoms with Crippen molar-refractivity contribution >= 4 is 29.3 Å². The Morgan fingerprint density at radius 2 is 1.65 bits per heavy atom. The molecule has 0 aromatic heterocycles. The number of hydrogen-bond donors (Lipinski definition) is 0. The van der Waals surface area contributed by atoms with Crippen molar-refractivity contribution in [3.05, 3.63) is 35.9 Å². The Morgan fingerprint density at radius 1 is 1.02 bits per heavy atom. The number of methoxy groups -OCH3 is 1. The molecule has 268 valence electrons. The van der Waals surface area contributed by atoms with Gasteiger partial charge in [0, 0.05) is 31.3 Å². The Labute approximate surface area is 283 Å². The number of halogens is 1. The summed E-state index contributed by atoms with van der Waals surface area (Å²) in [4.78, 5) is 68.9. The van der Waals surface area contributed by atoms with Crippen LogP contribution in [0.5, 0.6) is 0 Å². The first-order valence-electron chi connectivity index (χ1n) is 16.7. The number of alkyl halides is 1. The fourth-order valence-electron chi connectivity index (χ4n) is 6.79. The molecule has 48 heavy (non-hydrogen) atoms. The Morgan fingerprint density at radius 3 is 2.21 bits per heavy atom. The van der Waals surface area contributed by atoms with E-state index < -0.39 is 77.1 Å². The Balaban J connectivity index is 2.13. The van der Waals surface area contributed by atoms with Gasteiger partial charge in [0.1, 0.15) is 5.78 Å². The summed E-state index contributed by atoms with van der Waals surface area (Å²) in [6.45, 7) is 10.6. The van der Waals surface area contributed by atoms with Crippen molar-refractivity contribution in [3.8, 4) is 0 Å². The maximum Gasteiger partial charge on any atom is 0.352 e. The van der Waals surface area contributed by atoms with Crippen LogP contribution in [-0.2, 0) is 42.9 Å². The van der Waals surface area contributed by atoms with Crippen LogP contribution < -0.4 is 0 Å². The summed E-state index contributed by atoms with van der Waals surface area (Å²) in [6.07, 6.45) is -4.95. The molecule has 2 fully saturated rings. The summed E-state index contributed by atoms with van der Waals surface area (Å²) in [5.41, 5.74) is -4.28. The summed E-state index contributed by atoms with van der Waals surface area (Å²) in [5.74, 6) is -6.84. The second kappa shape index (κ2) is 16.1. The molecule has 0 saturated carbocycles. The van der Waals surface area contributed by atoms with Gasteiger partial charge in [0.15, 0.2) is 30.1 Å². The van der Waals surface area contributed by atoms with Gasteiger partial charge in [0.25, 0.3) is 5.67 Å². The predicted octanol–water partition coefficient (Wildman–Crippen LogP) is 4.53. The molecule has 1 aromatic carbocycles. The van der Waals surface area contributed by atoms with Crippen LogP contribution in [-0.4, -0.2) is 103 Å². The van der Waals surface area contributed by atoms with Crippen LogP contribution in [0.1, 0.15) is 84.5 Å². The minimum absolute atomic E-state index is 0.0155. The number of hydrogen-bond acceptors (Lipinski definition) is 11. The largest absolute Gasteiger partial charge is 0.452 e. The predicted molar refractivity (Wildman–Crippen MR) is 174 cm³/mol. The van der Waals surface area contributed by atoms with E-state index in [2.05, 4.69) is 0 Å². The normalized spacial score (nSPS) is 37.5. The number of carbonyl (C=O) groups is 5. The quantitative estimate of drug-likeness (QED) is 0.298. The number of nitrogens with zero attached hydrogens (tertiary/aromatic N) is 1. The van der Waals surface area contributed by atoms with Gasteiger partial charge in [-0.2, -0.15) is 0 Å². The van der Waals surface area contributed by atoms with Crippen molar-refractivity contribution in [3.63, 3.8) is 0 Å². The molecule has 2 heterocycles. The van der Waals surface area contributed by atoms with E-state index in [1.54, 1.807) is 58.0 Å². The van der Waals surface area contributed by atoms with Crippen molar-refractivity contribution < 1.29 is 52.0 Å². The summed E-state index contributed by atoms with van der Waals surface area (Å²) in [5, 5.41) is 0. The van der Waals surface area contributed by atoms with Gasteiger partial charge in [-0.1, -0.05) is 45.9 Å². The lowest BCUT2D eigenvalue weighted by Gasteiger charge is -2.47. The number of likely N-dealkylation sites (N-methyl/N-ethyl adjacent to an activating group) is 1. The standard InChI is InChI=1S/C36H52FNO10/c1-11-27-26(39)17-20(2)28(40)21(3)19-35(6,44-10)31(23(5)30(41)36(7,37)34(43)46-27)48-33-29(25(38(8)9)18-22(4)45-33)47-32(42)24-15-13-12-14-16-24/h12-16,20-23,25,27,29,31,33H,11,17-19H2,1-10H3/t20?,21-,22-,23+,25+,27-,29-,31-,33?,35+,36+/m1/s1. The average Bonchev–Trinajstić information content (AvgIpc) is 3.05. The molecule has 11 atom stereocenters. The molecule has 2 saturated heterocycles. The Bertz CT molecular complexity index is 1320. The summed E-state index contributed by atoms with van der Waals surface area (Å²) < 4.78 is 46.5. The zero-order valence-electron chi connectivity index (χ0n) is 29.8. The van der Waals surface area contributed by atoms with Crippen LogP contribution in [0, 0.1) is 17.8 Å². The van der Waals surface area contributed by atoms with E-state index in [1.165, 1.54) is 14.0 Å². The number of ketones is 3. The summed E-state index contributed by atoms with van der Waals surface area (Å²) in [6, 6.07) is 8.05. The van der Waals surface area contributed by atoms with E-state index in [0.29, 0.717) is 12.0 Å². The minimum Gasteiger partial charge on any atom is -0.452 e. The third-order valence-corrected chi connectivity index (χ3v) is 9.74. The number of esters is 2. The third kappa shape index (κ3) is 8.74. The fourth-order valence-corrected chi connectivity index (χ4v) is 6.79. The molecule has 12 heteroatoms. The van der Waals surface area contributed by atoms with Crippen molar-refractivity contribution in [1.29, 1.82) is 0 Å². The molecule has 0 amide bonds. The smallest absolute Gasteiger partial charge is 0.352 e. The monoisotopic (exact) mass is 677 g/mol. The maximum atomic E-state index is 16.3. The van der Waals surface area contributed by atoms with Gasteiger partial charge in [0.05, 0.1) is 29.4 Å². The molecular formula is C36H52FNO10. The lowest BCUT2D eigenvalue weighted by Crippen LogP contribution is -2.61. The van der Waals surface area contributed by atoms with Crippen molar-refractivity contribution in [1.82, 2.24) is 4.90 Å². The molecule has 0 spiro atoms. The number of rotatable bonds is 7. The second-order valence-electron chi connectivity index (χ2n) is 13.9. The van der Waals surface area contributed by atoms with Crippen LogP contribution in [0.2, 0.25) is 0 Å². The maximum absolute atomic E-state index is 16.3. The summed E-state index contributed by atoms with van der Waals surface area (Å²) >= 11 is 0. The highest BCUT2D eigenvalue weighted by molar-refractivity contribution is 6.08. The highest BCUT2D eigenvalue weighted by atomic mass is 19.1. The highest BCUT2D eigenvalue weighted by Crippen LogP contribution is 2.38.